The first-order valence-electron chi connectivity index (χ1n) is 12.4. The van der Waals surface area contributed by atoms with E-state index in [1.54, 1.807) is 0 Å². The maximum Gasteiger partial charge on any atom is 0.311 e. The maximum absolute atomic E-state index is 14.8. The summed E-state index contributed by atoms with van der Waals surface area (Å²) in [6.45, 7) is 6.20. The van der Waals surface area contributed by atoms with E-state index >= 15 is 0 Å². The topological polar surface area (TPSA) is 150 Å². The van der Waals surface area contributed by atoms with Gasteiger partial charge in [-0.05, 0) is 43.1 Å². The molecule has 0 radical (unpaired) electrons. The summed E-state index contributed by atoms with van der Waals surface area (Å²) < 4.78 is 31.2. The summed E-state index contributed by atoms with van der Waals surface area (Å²) in [5, 5.41) is 35.0. The van der Waals surface area contributed by atoms with E-state index in [2.05, 4.69) is 10.3 Å². The number of hydrogen-bond donors (Lipinski definition) is 3. The molecule has 37 heavy (non-hydrogen) atoms. The summed E-state index contributed by atoms with van der Waals surface area (Å²) in [5.41, 5.74) is -1.36. The monoisotopic (exact) mass is 523 g/mol. The van der Waals surface area contributed by atoms with Crippen LogP contribution < -0.4 is 19.9 Å². The number of hydrogen-bond acceptors (Lipinski definition) is 8. The first-order valence-corrected chi connectivity index (χ1v) is 12.4. The molecule has 1 unspecified atom stereocenters. The number of aliphatic hydroxyl groups is 1. The minimum absolute atomic E-state index is 0.0225. The lowest BCUT2D eigenvalue weighted by Crippen LogP contribution is -2.41. The molecule has 1 aliphatic heterocycles. The van der Waals surface area contributed by atoms with Crippen LogP contribution in [0.4, 0.5) is 4.39 Å². The zero-order chi connectivity index (χ0) is 27.4. The lowest BCUT2D eigenvalue weighted by molar-refractivity contribution is -0.213. The van der Waals surface area contributed by atoms with Crippen LogP contribution in [0.2, 0.25) is 0 Å². The van der Waals surface area contributed by atoms with Crippen molar-refractivity contribution in [3.8, 4) is 11.5 Å². The molecule has 3 rings (SSSR count). The van der Waals surface area contributed by atoms with Gasteiger partial charge >= 0.3 is 5.97 Å². The molecule has 1 heterocycles. The smallest absolute Gasteiger partial charge is 0.311 e. The van der Waals surface area contributed by atoms with Crippen molar-refractivity contribution in [2.24, 2.45) is 21.7 Å². The van der Waals surface area contributed by atoms with E-state index < -0.39 is 47.8 Å². The van der Waals surface area contributed by atoms with Crippen LogP contribution in [0.3, 0.4) is 0 Å². The van der Waals surface area contributed by atoms with E-state index in [1.807, 2.05) is 20.8 Å². The summed E-state index contributed by atoms with van der Waals surface area (Å²) in [5.74, 6) is -3.59. The highest BCUT2D eigenvalue weighted by molar-refractivity contribution is 5.94. The number of carboxylic acids is 1. The number of ether oxygens (including phenoxy) is 3. The molecular formula is C26H36FN2O8-. The molecule has 1 saturated heterocycles. The third-order valence-electron chi connectivity index (χ3n) is 6.89. The highest BCUT2D eigenvalue weighted by Crippen LogP contribution is 2.38. The first-order chi connectivity index (χ1) is 17.4. The number of halogens is 1. The van der Waals surface area contributed by atoms with Crippen molar-refractivity contribution in [2.75, 3.05) is 33.5 Å². The number of aliphatic carboxylic acids is 1. The highest BCUT2D eigenvalue weighted by Gasteiger charge is 2.42. The Labute approximate surface area is 215 Å². The zero-order valence-corrected chi connectivity index (χ0v) is 21.7. The second-order valence-electron chi connectivity index (χ2n) is 11.0. The molecule has 206 valence electrons. The van der Waals surface area contributed by atoms with Gasteiger partial charge in [-0.2, -0.15) is 0 Å². The van der Waals surface area contributed by atoms with E-state index in [1.165, 1.54) is 13.2 Å². The number of aliphatic hydroxyl groups excluding tert-OH is 1. The number of nitrogens with one attached hydrogen (secondary N) is 1. The summed E-state index contributed by atoms with van der Waals surface area (Å²) in [6.07, 6.45) is 0.486. The molecule has 1 amide bonds. The number of benzene rings is 1. The largest absolute Gasteiger partial charge is 0.858 e. The summed E-state index contributed by atoms with van der Waals surface area (Å²) in [6, 6.07) is 1.55. The number of carboxylic acid groups (broad SMARTS) is 1. The van der Waals surface area contributed by atoms with Crippen LogP contribution in [0.1, 0.15) is 52.0 Å². The number of carbonyl (C=O) groups is 2. The standard InChI is InChI=1S/C26H37FN2O8/c1-25(2,3)13-28-22(31)17-11-36-12-19(17)29-23(32)16-9-21(18(27)10-20(16)35-4)37-15-5-7-26(14-30,8-6-15)24(33)34/h9-10,15,17,19,30H,5-8,11-14H2,1-4H3,(H,28,31)(H,29,32)(H,33,34)/p-1/t15?,17-,19?,26?/m1/s1. The van der Waals surface area contributed by atoms with Crippen molar-refractivity contribution in [1.82, 2.24) is 5.32 Å². The lowest BCUT2D eigenvalue weighted by Gasteiger charge is -2.35. The lowest BCUT2D eigenvalue weighted by atomic mass is 9.74. The van der Waals surface area contributed by atoms with Crippen LogP contribution in [-0.2, 0) is 14.3 Å². The number of carbonyl (C=O) groups excluding carboxylic acids is 1. The molecule has 2 fully saturated rings. The maximum atomic E-state index is 14.8. The van der Waals surface area contributed by atoms with Crippen molar-refractivity contribution in [3.05, 3.63) is 23.5 Å². The number of nitrogens with zero attached hydrogens (tertiary/aromatic N) is 1. The van der Waals surface area contributed by atoms with E-state index in [4.69, 9.17) is 14.2 Å². The third kappa shape index (κ3) is 6.89. The van der Waals surface area contributed by atoms with Gasteiger partial charge in [-0.15, -0.1) is 0 Å². The van der Waals surface area contributed by atoms with Crippen molar-refractivity contribution in [1.29, 1.82) is 0 Å². The van der Waals surface area contributed by atoms with Crippen LogP contribution in [-0.4, -0.2) is 73.6 Å². The minimum Gasteiger partial charge on any atom is -0.858 e. The Morgan fingerprint density at radius 1 is 1.24 bits per heavy atom. The SMILES string of the molecule is COc1cc(F)c(OC2CCC(CO)(C(=O)O)CC2)cc1C([O-])=NC1COC[C@H]1C(=O)NCC(C)(C)C. The molecule has 3 N–H and O–H groups in total. The molecule has 0 spiro atoms. The van der Waals surface area contributed by atoms with Gasteiger partial charge < -0.3 is 34.8 Å². The average molecular weight is 524 g/mol. The Kier molecular flexibility index (Phi) is 9.01. The van der Waals surface area contributed by atoms with E-state index in [9.17, 15) is 29.3 Å². The first kappa shape index (κ1) is 28.6. The van der Waals surface area contributed by atoms with E-state index in [0.29, 0.717) is 19.4 Å². The summed E-state index contributed by atoms with van der Waals surface area (Å²) >= 11 is 0. The van der Waals surface area contributed by atoms with Gasteiger partial charge in [0.15, 0.2) is 11.6 Å². The fourth-order valence-electron chi connectivity index (χ4n) is 4.47. The molecular weight excluding hydrogens is 487 g/mol. The molecule has 1 aliphatic carbocycles. The van der Waals surface area contributed by atoms with Crippen LogP contribution >= 0.6 is 0 Å². The fourth-order valence-corrected chi connectivity index (χ4v) is 4.47. The van der Waals surface area contributed by atoms with Crippen LogP contribution in [0.5, 0.6) is 11.5 Å². The molecule has 11 heteroatoms. The Balaban J connectivity index is 1.77. The normalized spacial score (nSPS) is 26.5. The summed E-state index contributed by atoms with van der Waals surface area (Å²) in [7, 11) is 1.30. The molecule has 0 aromatic heterocycles. The second-order valence-corrected chi connectivity index (χ2v) is 11.0. The molecule has 2 aliphatic rings. The minimum atomic E-state index is -1.22. The number of methoxy groups -OCH3 is 1. The average Bonchev–Trinajstić information content (AvgIpc) is 3.31. The van der Waals surface area contributed by atoms with Crippen molar-refractivity contribution in [3.63, 3.8) is 0 Å². The number of aliphatic imine (C=N–C) groups is 1. The van der Waals surface area contributed by atoms with Crippen LogP contribution in [0.25, 0.3) is 0 Å². The quantitative estimate of drug-likeness (QED) is 0.326. The molecule has 0 bridgehead atoms. The molecule has 1 saturated carbocycles. The van der Waals surface area contributed by atoms with Gasteiger partial charge in [0.25, 0.3) is 0 Å². The van der Waals surface area contributed by atoms with E-state index in [-0.39, 0.29) is 54.4 Å². The Morgan fingerprint density at radius 2 is 1.92 bits per heavy atom. The van der Waals surface area contributed by atoms with Crippen LogP contribution in [0, 0.1) is 22.6 Å². The third-order valence-corrected chi connectivity index (χ3v) is 6.89. The predicted molar refractivity (Wildman–Crippen MR) is 130 cm³/mol. The van der Waals surface area contributed by atoms with Crippen molar-refractivity contribution in [2.45, 2.75) is 58.6 Å². The van der Waals surface area contributed by atoms with E-state index in [0.717, 1.165) is 6.07 Å². The molecule has 1 aromatic rings. The fraction of sp³-hybridized carbons (Fsp3) is 0.654. The predicted octanol–water partition coefficient (Wildman–Crippen LogP) is 1.50. The molecule has 10 nitrogen and oxygen atoms in total. The van der Waals surface area contributed by atoms with Crippen molar-refractivity contribution >= 4 is 17.8 Å². The summed E-state index contributed by atoms with van der Waals surface area (Å²) in [4.78, 5) is 28.4. The van der Waals surface area contributed by atoms with Gasteiger partial charge in [0.05, 0.1) is 50.4 Å². The molecule has 2 atom stereocenters. The Morgan fingerprint density at radius 3 is 2.49 bits per heavy atom. The van der Waals surface area contributed by atoms with Crippen LogP contribution in [0.15, 0.2) is 17.1 Å². The van der Waals surface area contributed by atoms with Crippen molar-refractivity contribution < 1.29 is 43.5 Å². The number of rotatable bonds is 9. The van der Waals surface area contributed by atoms with Gasteiger partial charge in [0.2, 0.25) is 5.91 Å². The molecule has 1 aromatic carbocycles. The van der Waals surface area contributed by atoms with Gasteiger partial charge in [-0.3, -0.25) is 14.6 Å². The zero-order valence-electron chi connectivity index (χ0n) is 21.7. The highest BCUT2D eigenvalue weighted by atomic mass is 19.1. The second kappa shape index (κ2) is 11.6. The van der Waals surface area contributed by atoms with Gasteiger partial charge in [0, 0.05) is 18.2 Å². The Bertz CT molecular complexity index is 1010. The van der Waals surface area contributed by atoms with Gasteiger partial charge in [-0.25, -0.2) is 4.39 Å². The van der Waals surface area contributed by atoms with Gasteiger partial charge in [0.1, 0.15) is 5.75 Å². The van der Waals surface area contributed by atoms with Gasteiger partial charge in [-0.1, -0.05) is 20.8 Å². The Hall–Kier alpha value is -2.92. The number of amides is 1.